The van der Waals surface area contributed by atoms with Crippen molar-refractivity contribution in [3.8, 4) is 0 Å². The van der Waals surface area contributed by atoms with E-state index in [-0.39, 0.29) is 30.1 Å². The summed E-state index contributed by atoms with van der Waals surface area (Å²) in [5, 5.41) is 0. The Morgan fingerprint density at radius 2 is 1.46 bits per heavy atom. The molecular weight excluding hydrogens is 338 g/mol. The summed E-state index contributed by atoms with van der Waals surface area (Å²) in [6, 6.07) is 11.9. The molecule has 0 radical (unpaired) electrons. The topological polar surface area (TPSA) is 35.5 Å². The van der Waals surface area contributed by atoms with Gasteiger partial charge in [0.15, 0.2) is 0 Å². The van der Waals surface area contributed by atoms with Gasteiger partial charge in [-0.15, -0.1) is 0 Å². The van der Waals surface area contributed by atoms with Gasteiger partial charge in [0.25, 0.3) is 0 Å². The Bertz CT molecular complexity index is 882. The van der Waals surface area contributed by atoms with Gasteiger partial charge in [0.1, 0.15) is 23.0 Å². The van der Waals surface area contributed by atoms with E-state index < -0.39 is 11.5 Å². The smallest absolute Gasteiger partial charge is 0.314 e. The first-order valence-corrected chi connectivity index (χ1v) is 8.48. The second-order valence-corrected chi connectivity index (χ2v) is 7.18. The summed E-state index contributed by atoms with van der Waals surface area (Å²) in [7, 11) is 0. The van der Waals surface area contributed by atoms with Crippen LogP contribution in [0.3, 0.4) is 0 Å². The molecule has 1 saturated heterocycles. The average molecular weight is 356 g/mol. The second kappa shape index (κ2) is 5.94. The number of halogens is 2. The monoisotopic (exact) mass is 356 g/mol. The van der Waals surface area contributed by atoms with E-state index in [4.69, 9.17) is 9.47 Å². The summed E-state index contributed by atoms with van der Waals surface area (Å²) in [6.07, 6.45) is 0. The van der Waals surface area contributed by atoms with E-state index in [9.17, 15) is 13.6 Å². The van der Waals surface area contributed by atoms with E-state index >= 15 is 0 Å². The molecule has 0 aliphatic carbocycles. The highest BCUT2D eigenvalue weighted by Crippen LogP contribution is 2.50. The quantitative estimate of drug-likeness (QED) is 0.747. The highest BCUT2D eigenvalue weighted by molar-refractivity contribution is 6.00. The first kappa shape index (κ1) is 16.8. The Hall–Kier alpha value is -2.69. The van der Waals surface area contributed by atoms with Crippen LogP contribution in [0.15, 0.2) is 48.5 Å². The first-order chi connectivity index (χ1) is 12.4. The van der Waals surface area contributed by atoms with Crippen molar-refractivity contribution in [2.24, 2.45) is 11.8 Å². The van der Waals surface area contributed by atoms with E-state index in [1.165, 1.54) is 24.3 Å². The third-order valence-corrected chi connectivity index (χ3v) is 5.14. The Labute approximate surface area is 150 Å². The fraction of sp³-hybridized carbons (Fsp3) is 0.286. The van der Waals surface area contributed by atoms with E-state index in [1.54, 1.807) is 24.3 Å². The first-order valence-electron chi connectivity index (χ1n) is 8.48. The standard InChI is InChI=1S/C21H18F2O3/c1-21(2)16-11-25-20(24)18(16)17(12-3-7-14(22)8-4-12)19(26-21)13-5-9-15(23)10-6-13/h3-10,16,18H,11H2,1-2H3. The predicted octanol–water partition coefficient (Wildman–Crippen LogP) is 4.43. The highest BCUT2D eigenvalue weighted by atomic mass is 19.1. The zero-order valence-corrected chi connectivity index (χ0v) is 14.5. The van der Waals surface area contributed by atoms with E-state index in [1.807, 2.05) is 13.8 Å². The van der Waals surface area contributed by atoms with Gasteiger partial charge in [0, 0.05) is 11.1 Å². The molecule has 2 aliphatic heterocycles. The molecule has 0 amide bonds. The lowest BCUT2D eigenvalue weighted by Gasteiger charge is -2.41. The Balaban J connectivity index is 1.96. The lowest BCUT2D eigenvalue weighted by atomic mass is 9.73. The van der Waals surface area contributed by atoms with Crippen molar-refractivity contribution in [1.82, 2.24) is 0 Å². The van der Waals surface area contributed by atoms with Crippen molar-refractivity contribution in [1.29, 1.82) is 0 Å². The summed E-state index contributed by atoms with van der Waals surface area (Å²) in [4.78, 5) is 12.5. The minimum Gasteiger partial charge on any atom is -0.486 e. The van der Waals surface area contributed by atoms with Gasteiger partial charge in [0.2, 0.25) is 0 Å². The number of rotatable bonds is 2. The van der Waals surface area contributed by atoms with Crippen LogP contribution in [0.5, 0.6) is 0 Å². The van der Waals surface area contributed by atoms with Gasteiger partial charge in [-0.05, 0) is 55.8 Å². The van der Waals surface area contributed by atoms with E-state index in [0.717, 1.165) is 0 Å². The van der Waals surface area contributed by atoms with E-state index in [2.05, 4.69) is 0 Å². The molecule has 2 aromatic carbocycles. The van der Waals surface area contributed by atoms with Crippen molar-refractivity contribution in [2.45, 2.75) is 19.4 Å². The van der Waals surface area contributed by atoms with Crippen molar-refractivity contribution >= 4 is 17.3 Å². The Morgan fingerprint density at radius 1 is 0.923 bits per heavy atom. The molecule has 1 fully saturated rings. The third kappa shape index (κ3) is 2.68. The van der Waals surface area contributed by atoms with Crippen LogP contribution in [0.4, 0.5) is 8.78 Å². The Morgan fingerprint density at radius 3 is 2.04 bits per heavy atom. The van der Waals surface area contributed by atoms with Crippen molar-refractivity contribution < 1.29 is 23.0 Å². The highest BCUT2D eigenvalue weighted by Gasteiger charge is 2.53. The Kier molecular flexibility index (Phi) is 3.83. The van der Waals surface area contributed by atoms with Crippen LogP contribution in [0.1, 0.15) is 25.0 Å². The maximum atomic E-state index is 13.4. The molecule has 2 heterocycles. The number of benzene rings is 2. The largest absolute Gasteiger partial charge is 0.486 e. The maximum Gasteiger partial charge on any atom is 0.314 e. The molecule has 2 atom stereocenters. The lowest BCUT2D eigenvalue weighted by molar-refractivity contribution is -0.139. The number of ether oxygens (including phenoxy) is 2. The zero-order valence-electron chi connectivity index (χ0n) is 14.5. The van der Waals surface area contributed by atoms with Crippen LogP contribution in [0.2, 0.25) is 0 Å². The molecule has 0 saturated carbocycles. The summed E-state index contributed by atoms with van der Waals surface area (Å²) in [5.41, 5.74) is 1.37. The maximum absolute atomic E-state index is 13.4. The van der Waals surface area contributed by atoms with Gasteiger partial charge < -0.3 is 9.47 Å². The van der Waals surface area contributed by atoms with Gasteiger partial charge in [-0.2, -0.15) is 0 Å². The number of carbonyl (C=O) groups excluding carboxylic acids is 1. The number of fused-ring (bicyclic) bond motifs is 1. The molecule has 26 heavy (non-hydrogen) atoms. The van der Waals surface area contributed by atoms with Crippen LogP contribution in [-0.2, 0) is 14.3 Å². The molecule has 2 unspecified atom stereocenters. The molecule has 0 aromatic heterocycles. The van der Waals surface area contributed by atoms with Crippen molar-refractivity contribution in [3.63, 3.8) is 0 Å². The number of carbonyl (C=O) groups is 1. The molecule has 3 nitrogen and oxygen atoms in total. The molecule has 4 rings (SSSR count). The summed E-state index contributed by atoms with van der Waals surface area (Å²) in [5.74, 6) is -1.19. The second-order valence-electron chi connectivity index (χ2n) is 7.18. The van der Waals surface area contributed by atoms with Crippen molar-refractivity contribution in [2.75, 3.05) is 6.61 Å². The summed E-state index contributed by atoms with van der Waals surface area (Å²) < 4.78 is 38.4. The third-order valence-electron chi connectivity index (χ3n) is 5.14. The molecule has 0 N–H and O–H groups in total. The molecule has 0 spiro atoms. The van der Waals surface area contributed by atoms with E-state index in [0.29, 0.717) is 22.5 Å². The number of cyclic esters (lactones) is 1. The van der Waals surface area contributed by atoms with Gasteiger partial charge in [-0.25, -0.2) is 8.78 Å². The lowest BCUT2D eigenvalue weighted by Crippen LogP contribution is -2.43. The molecule has 134 valence electrons. The van der Waals surface area contributed by atoms with Crippen LogP contribution >= 0.6 is 0 Å². The van der Waals surface area contributed by atoms with Crippen LogP contribution in [0, 0.1) is 23.5 Å². The van der Waals surface area contributed by atoms with Crippen LogP contribution in [0.25, 0.3) is 11.3 Å². The van der Waals surface area contributed by atoms with Gasteiger partial charge in [-0.3, -0.25) is 4.79 Å². The van der Waals surface area contributed by atoms with Gasteiger partial charge in [0.05, 0.1) is 18.4 Å². The summed E-state index contributed by atoms with van der Waals surface area (Å²) in [6.45, 7) is 4.10. The normalized spacial score (nSPS) is 24.1. The predicted molar refractivity (Wildman–Crippen MR) is 92.7 cm³/mol. The summed E-state index contributed by atoms with van der Waals surface area (Å²) >= 11 is 0. The molecule has 5 heteroatoms. The van der Waals surface area contributed by atoms with Gasteiger partial charge in [-0.1, -0.05) is 12.1 Å². The average Bonchev–Trinajstić information content (AvgIpc) is 2.99. The zero-order chi connectivity index (χ0) is 18.5. The SMILES string of the molecule is CC1(C)OC(c2ccc(F)cc2)=C(c2ccc(F)cc2)C2C(=O)OCC21. The number of hydrogen-bond donors (Lipinski definition) is 0. The molecule has 0 bridgehead atoms. The number of esters is 1. The number of hydrogen-bond acceptors (Lipinski definition) is 3. The van der Waals surface area contributed by atoms with Crippen molar-refractivity contribution in [3.05, 3.63) is 71.3 Å². The van der Waals surface area contributed by atoms with Crippen LogP contribution < -0.4 is 0 Å². The van der Waals surface area contributed by atoms with Crippen LogP contribution in [-0.4, -0.2) is 18.2 Å². The fourth-order valence-electron chi connectivity index (χ4n) is 3.73. The minimum absolute atomic E-state index is 0.153. The molecule has 2 aromatic rings. The molecular formula is C21H18F2O3. The molecule has 2 aliphatic rings. The van der Waals surface area contributed by atoms with Gasteiger partial charge >= 0.3 is 5.97 Å². The minimum atomic E-state index is -0.635. The fourth-order valence-corrected chi connectivity index (χ4v) is 3.73.